The predicted octanol–water partition coefficient (Wildman–Crippen LogP) is 4.20. The highest BCUT2D eigenvalue weighted by molar-refractivity contribution is 6.04. The third kappa shape index (κ3) is 4.49. The van der Waals surface area contributed by atoms with E-state index in [1.807, 2.05) is 24.4 Å². The largest absolute Gasteiger partial charge is 0.468 e. The molecule has 1 aromatic heterocycles. The topological polar surface area (TPSA) is 68.5 Å². The number of hydrogen-bond donors (Lipinski definition) is 1. The van der Waals surface area contributed by atoms with Crippen LogP contribution in [0.3, 0.4) is 0 Å². The standard InChI is InChI=1S/C27H29N3O2/c1-30(2)15-13-18-10-11-22-20(16-18)12-14-29-26(22)24-9-5-7-21-19(6-4-8-23(21)24)17-25(28)27(31)32-3/h4-12,14,16,25H,13,15,17,28H2,1-3H3/t25-/m0/s1. The summed E-state index contributed by atoms with van der Waals surface area (Å²) < 4.78 is 4.80. The van der Waals surface area contributed by atoms with Crippen LogP contribution in [-0.4, -0.2) is 49.6 Å². The Morgan fingerprint density at radius 1 is 1.03 bits per heavy atom. The molecular formula is C27H29N3O2. The number of fused-ring (bicyclic) bond motifs is 2. The molecule has 2 N–H and O–H groups in total. The molecule has 1 heterocycles. The van der Waals surface area contributed by atoms with Gasteiger partial charge in [0.2, 0.25) is 0 Å². The lowest BCUT2D eigenvalue weighted by Crippen LogP contribution is -2.33. The van der Waals surface area contributed by atoms with E-state index in [1.54, 1.807) is 0 Å². The van der Waals surface area contributed by atoms with Crippen LogP contribution in [0, 0.1) is 0 Å². The van der Waals surface area contributed by atoms with Gasteiger partial charge in [0.05, 0.1) is 12.8 Å². The molecule has 0 aliphatic carbocycles. The molecule has 1 atom stereocenters. The predicted molar refractivity (Wildman–Crippen MR) is 131 cm³/mol. The Kier molecular flexibility index (Phi) is 6.49. The van der Waals surface area contributed by atoms with E-state index in [2.05, 4.69) is 61.5 Å². The molecule has 0 spiro atoms. The number of nitrogens with zero attached hydrogens (tertiary/aromatic N) is 2. The number of rotatable bonds is 7. The SMILES string of the molecule is COC(=O)[C@@H](N)Cc1cccc2c(-c3nccc4cc(CCN(C)C)ccc34)cccc12. The number of methoxy groups -OCH3 is 1. The number of esters is 1. The van der Waals surface area contributed by atoms with Crippen LogP contribution < -0.4 is 5.73 Å². The number of pyridine rings is 1. The number of likely N-dealkylation sites (N-methyl/N-ethyl adjacent to an activating group) is 1. The molecule has 0 saturated heterocycles. The fourth-order valence-corrected chi connectivity index (χ4v) is 4.18. The van der Waals surface area contributed by atoms with Gasteiger partial charge in [-0.15, -0.1) is 0 Å². The van der Waals surface area contributed by atoms with Crippen LogP contribution in [0.15, 0.2) is 66.9 Å². The molecule has 4 rings (SSSR count). The minimum absolute atomic E-state index is 0.404. The highest BCUT2D eigenvalue weighted by atomic mass is 16.5. The van der Waals surface area contributed by atoms with Crippen LogP contribution in [0.25, 0.3) is 32.8 Å². The monoisotopic (exact) mass is 427 g/mol. The first-order valence-corrected chi connectivity index (χ1v) is 10.8. The number of nitrogens with two attached hydrogens (primary N) is 1. The third-order valence-electron chi connectivity index (χ3n) is 5.89. The maximum atomic E-state index is 11.8. The van der Waals surface area contributed by atoms with Crippen molar-refractivity contribution >= 4 is 27.5 Å². The summed E-state index contributed by atoms with van der Waals surface area (Å²) >= 11 is 0. The van der Waals surface area contributed by atoms with Gasteiger partial charge in [-0.05, 0) is 60.3 Å². The first kappa shape index (κ1) is 21.9. The lowest BCUT2D eigenvalue weighted by molar-refractivity contribution is -0.142. The van der Waals surface area contributed by atoms with Gasteiger partial charge in [0.25, 0.3) is 0 Å². The smallest absolute Gasteiger partial charge is 0.322 e. The summed E-state index contributed by atoms with van der Waals surface area (Å²) in [7, 11) is 5.55. The summed E-state index contributed by atoms with van der Waals surface area (Å²) in [5.74, 6) is -0.404. The minimum atomic E-state index is -0.689. The van der Waals surface area contributed by atoms with Gasteiger partial charge in [-0.2, -0.15) is 0 Å². The van der Waals surface area contributed by atoms with Crippen LogP contribution in [-0.2, 0) is 22.4 Å². The minimum Gasteiger partial charge on any atom is -0.468 e. The molecule has 0 fully saturated rings. The molecule has 5 nitrogen and oxygen atoms in total. The van der Waals surface area contributed by atoms with Crippen LogP contribution >= 0.6 is 0 Å². The van der Waals surface area contributed by atoms with Crippen molar-refractivity contribution in [1.29, 1.82) is 0 Å². The van der Waals surface area contributed by atoms with Crippen molar-refractivity contribution in [3.8, 4) is 11.3 Å². The van der Waals surface area contributed by atoms with E-state index in [0.29, 0.717) is 6.42 Å². The number of hydrogen-bond acceptors (Lipinski definition) is 5. The third-order valence-corrected chi connectivity index (χ3v) is 5.89. The second-order valence-corrected chi connectivity index (χ2v) is 8.42. The Morgan fingerprint density at radius 3 is 2.59 bits per heavy atom. The van der Waals surface area contributed by atoms with E-state index < -0.39 is 12.0 Å². The fourth-order valence-electron chi connectivity index (χ4n) is 4.18. The number of carbonyl (C=O) groups excluding carboxylic acids is 1. The van der Waals surface area contributed by atoms with Gasteiger partial charge in [-0.3, -0.25) is 9.78 Å². The maximum Gasteiger partial charge on any atom is 0.322 e. The fraction of sp³-hybridized carbons (Fsp3) is 0.259. The molecule has 0 unspecified atom stereocenters. The highest BCUT2D eigenvalue weighted by Crippen LogP contribution is 2.34. The zero-order valence-corrected chi connectivity index (χ0v) is 18.8. The van der Waals surface area contributed by atoms with Gasteiger partial charge >= 0.3 is 5.97 Å². The zero-order chi connectivity index (χ0) is 22.7. The van der Waals surface area contributed by atoms with E-state index in [4.69, 9.17) is 15.5 Å². The molecule has 5 heteroatoms. The Morgan fingerprint density at radius 2 is 1.81 bits per heavy atom. The van der Waals surface area contributed by atoms with Crippen molar-refractivity contribution in [3.63, 3.8) is 0 Å². The first-order chi connectivity index (χ1) is 15.5. The number of benzene rings is 3. The Hall–Kier alpha value is -3.28. The lowest BCUT2D eigenvalue weighted by atomic mass is 9.93. The number of carbonyl (C=O) groups is 1. The van der Waals surface area contributed by atoms with Crippen molar-refractivity contribution in [2.75, 3.05) is 27.7 Å². The molecule has 0 aliphatic rings. The summed E-state index contributed by atoms with van der Waals surface area (Å²) in [6, 6.07) is 20.4. The summed E-state index contributed by atoms with van der Waals surface area (Å²) in [5.41, 5.74) is 10.4. The van der Waals surface area contributed by atoms with E-state index >= 15 is 0 Å². The van der Waals surface area contributed by atoms with Gasteiger partial charge in [-0.1, -0.05) is 54.6 Å². The number of ether oxygens (including phenoxy) is 1. The van der Waals surface area contributed by atoms with Gasteiger partial charge in [0, 0.05) is 23.7 Å². The second-order valence-electron chi connectivity index (χ2n) is 8.42. The second kappa shape index (κ2) is 9.47. The summed E-state index contributed by atoms with van der Waals surface area (Å²) in [6.07, 6.45) is 3.31. The van der Waals surface area contributed by atoms with Crippen LogP contribution in [0.5, 0.6) is 0 Å². The molecule has 32 heavy (non-hydrogen) atoms. The summed E-state index contributed by atoms with van der Waals surface area (Å²) in [6.45, 7) is 1.02. The molecular weight excluding hydrogens is 398 g/mol. The van der Waals surface area contributed by atoms with Crippen molar-refractivity contribution in [1.82, 2.24) is 9.88 Å². The van der Waals surface area contributed by atoms with Gasteiger partial charge in [0.15, 0.2) is 0 Å². The zero-order valence-electron chi connectivity index (χ0n) is 18.8. The molecule has 0 saturated carbocycles. The Bertz CT molecular complexity index is 1270. The average molecular weight is 428 g/mol. The average Bonchev–Trinajstić information content (AvgIpc) is 2.81. The first-order valence-electron chi connectivity index (χ1n) is 10.8. The van der Waals surface area contributed by atoms with Crippen molar-refractivity contribution < 1.29 is 9.53 Å². The lowest BCUT2D eigenvalue weighted by Gasteiger charge is -2.15. The normalized spacial score (nSPS) is 12.4. The molecule has 4 aromatic rings. The van der Waals surface area contributed by atoms with E-state index in [9.17, 15) is 4.79 Å². The number of aromatic nitrogens is 1. The molecule has 164 valence electrons. The van der Waals surface area contributed by atoms with E-state index in [-0.39, 0.29) is 0 Å². The molecule has 0 amide bonds. The molecule has 3 aromatic carbocycles. The molecule has 0 aliphatic heterocycles. The van der Waals surface area contributed by atoms with Gasteiger partial charge in [0.1, 0.15) is 6.04 Å². The van der Waals surface area contributed by atoms with Crippen LogP contribution in [0.2, 0.25) is 0 Å². The quantitative estimate of drug-likeness (QED) is 0.448. The maximum absolute atomic E-state index is 11.8. The van der Waals surface area contributed by atoms with Crippen LogP contribution in [0.1, 0.15) is 11.1 Å². The highest BCUT2D eigenvalue weighted by Gasteiger charge is 2.17. The molecule has 0 bridgehead atoms. The van der Waals surface area contributed by atoms with Crippen LogP contribution in [0.4, 0.5) is 0 Å². The Balaban J connectivity index is 1.78. The Labute approximate surface area is 188 Å². The van der Waals surface area contributed by atoms with Gasteiger partial charge in [-0.25, -0.2) is 0 Å². The van der Waals surface area contributed by atoms with Gasteiger partial charge < -0.3 is 15.4 Å². The molecule has 0 radical (unpaired) electrons. The summed E-state index contributed by atoms with van der Waals surface area (Å²) in [4.78, 5) is 18.8. The van der Waals surface area contributed by atoms with Crippen molar-refractivity contribution in [2.45, 2.75) is 18.9 Å². The summed E-state index contributed by atoms with van der Waals surface area (Å²) in [5, 5.41) is 4.49. The van der Waals surface area contributed by atoms with Crippen molar-refractivity contribution in [2.24, 2.45) is 5.73 Å². The van der Waals surface area contributed by atoms with E-state index in [1.165, 1.54) is 18.1 Å². The van der Waals surface area contributed by atoms with E-state index in [0.717, 1.165) is 45.9 Å². The van der Waals surface area contributed by atoms with Crippen molar-refractivity contribution in [3.05, 3.63) is 78.0 Å².